The average molecular weight is 629 g/mol. The second-order valence-corrected chi connectivity index (χ2v) is 10.6. The Morgan fingerprint density at radius 1 is 1.06 bits per heavy atom. The number of hydrogen-bond acceptors (Lipinski definition) is 6. The van der Waals surface area contributed by atoms with Gasteiger partial charge in [0.1, 0.15) is 28.7 Å². The Bertz CT molecular complexity index is 1340. The van der Waals surface area contributed by atoms with Gasteiger partial charge in [-0.05, 0) is 87.2 Å². The molecule has 0 aromatic heterocycles. The van der Waals surface area contributed by atoms with Crippen molar-refractivity contribution >= 4 is 66.4 Å². The van der Waals surface area contributed by atoms with Gasteiger partial charge in [0.25, 0.3) is 0 Å². The van der Waals surface area contributed by atoms with Crippen LogP contribution < -0.4 is 4.74 Å². The van der Waals surface area contributed by atoms with E-state index in [9.17, 15) is 9.90 Å². The standard InChI is InChI=1S/C28H23Br2NO4S/c1-3-34-28(33)24-25(32)23(36-27(24)31-20-7-5-4-6-8-20)15-19-13-21(29)26(22(30)14-19)35-16-18-11-9-17(2)10-12-18/h4-15,32H,3,16H2,1-2H3/b23-15-,31-27?. The Morgan fingerprint density at radius 2 is 1.72 bits per heavy atom. The summed E-state index contributed by atoms with van der Waals surface area (Å²) in [4.78, 5) is 17.7. The van der Waals surface area contributed by atoms with Crippen LogP contribution in [0.3, 0.4) is 0 Å². The molecule has 0 aliphatic carbocycles. The molecule has 4 rings (SSSR count). The number of benzene rings is 3. The molecule has 1 heterocycles. The van der Waals surface area contributed by atoms with Crippen molar-refractivity contribution in [2.45, 2.75) is 20.5 Å². The molecule has 1 aliphatic heterocycles. The van der Waals surface area contributed by atoms with Gasteiger partial charge in [0.2, 0.25) is 0 Å². The fourth-order valence-electron chi connectivity index (χ4n) is 3.40. The molecule has 0 amide bonds. The second-order valence-electron chi connectivity index (χ2n) is 7.90. The van der Waals surface area contributed by atoms with Crippen molar-refractivity contribution in [2.24, 2.45) is 4.99 Å². The van der Waals surface area contributed by atoms with E-state index in [0.717, 1.165) is 20.1 Å². The van der Waals surface area contributed by atoms with Gasteiger partial charge < -0.3 is 14.6 Å². The fraction of sp³-hybridized carbons (Fsp3) is 0.143. The Labute approximate surface area is 231 Å². The summed E-state index contributed by atoms with van der Waals surface area (Å²) in [5.41, 5.74) is 3.81. The summed E-state index contributed by atoms with van der Waals surface area (Å²) in [6.07, 6.45) is 1.80. The highest BCUT2D eigenvalue weighted by molar-refractivity contribution is 9.11. The summed E-state index contributed by atoms with van der Waals surface area (Å²) in [7, 11) is 0. The van der Waals surface area contributed by atoms with E-state index in [1.54, 1.807) is 13.0 Å². The van der Waals surface area contributed by atoms with Crippen LogP contribution in [0, 0.1) is 6.92 Å². The van der Waals surface area contributed by atoms with Gasteiger partial charge in [0, 0.05) is 0 Å². The first-order valence-corrected chi connectivity index (χ1v) is 13.6. The molecule has 0 saturated carbocycles. The summed E-state index contributed by atoms with van der Waals surface area (Å²) >= 11 is 8.41. The zero-order chi connectivity index (χ0) is 25.7. The van der Waals surface area contributed by atoms with Crippen LogP contribution in [0.1, 0.15) is 23.6 Å². The van der Waals surface area contributed by atoms with Gasteiger partial charge in [-0.2, -0.15) is 0 Å². The Hall–Kier alpha value is -2.81. The number of aliphatic hydroxyl groups is 1. The number of carbonyl (C=O) groups excluding carboxylic acids is 1. The smallest absolute Gasteiger partial charge is 0.344 e. The van der Waals surface area contributed by atoms with Crippen LogP contribution in [0.5, 0.6) is 5.75 Å². The van der Waals surface area contributed by atoms with Crippen LogP contribution >= 0.6 is 43.6 Å². The number of aliphatic imine (C=N–C) groups is 1. The van der Waals surface area contributed by atoms with E-state index in [4.69, 9.17) is 9.47 Å². The Kier molecular flexibility index (Phi) is 8.72. The molecule has 1 aliphatic rings. The van der Waals surface area contributed by atoms with E-state index in [1.807, 2.05) is 61.5 Å². The van der Waals surface area contributed by atoms with Gasteiger partial charge in [-0.1, -0.05) is 59.8 Å². The second kappa shape index (κ2) is 12.0. The number of carbonyl (C=O) groups is 1. The molecule has 0 fully saturated rings. The molecule has 0 unspecified atom stereocenters. The number of para-hydroxylation sites is 1. The SMILES string of the molecule is CCOC(=O)C1=C(O)/C(=C/c2cc(Br)c(OCc3ccc(C)cc3)c(Br)c2)SC1=Nc1ccccc1. The Balaban J connectivity index is 1.62. The first kappa shape index (κ1) is 26.3. The number of nitrogens with zero attached hydrogens (tertiary/aromatic N) is 1. The molecule has 1 N–H and O–H groups in total. The lowest BCUT2D eigenvalue weighted by atomic mass is 10.1. The summed E-state index contributed by atoms with van der Waals surface area (Å²) in [6, 6.07) is 21.3. The third-order valence-electron chi connectivity index (χ3n) is 5.18. The third-order valence-corrected chi connectivity index (χ3v) is 7.38. The summed E-state index contributed by atoms with van der Waals surface area (Å²) in [5.74, 6) is -0.0852. The number of esters is 1. The van der Waals surface area contributed by atoms with Crippen molar-refractivity contribution in [1.29, 1.82) is 0 Å². The molecule has 8 heteroatoms. The zero-order valence-electron chi connectivity index (χ0n) is 19.6. The van der Waals surface area contributed by atoms with Crippen LogP contribution in [-0.4, -0.2) is 22.7 Å². The molecule has 0 atom stereocenters. The Morgan fingerprint density at radius 3 is 2.36 bits per heavy atom. The fourth-order valence-corrected chi connectivity index (χ4v) is 5.89. The van der Waals surface area contributed by atoms with Gasteiger partial charge in [-0.25, -0.2) is 9.79 Å². The normalized spacial score (nSPS) is 15.6. The summed E-state index contributed by atoms with van der Waals surface area (Å²) in [6.45, 7) is 4.40. The highest BCUT2D eigenvalue weighted by Crippen LogP contribution is 2.42. The lowest BCUT2D eigenvalue weighted by Gasteiger charge is -2.12. The van der Waals surface area contributed by atoms with Gasteiger partial charge in [0.15, 0.2) is 0 Å². The number of hydrogen-bond donors (Lipinski definition) is 1. The third kappa shape index (κ3) is 6.30. The minimum atomic E-state index is -0.609. The van der Waals surface area contributed by atoms with Gasteiger partial charge >= 0.3 is 5.97 Å². The summed E-state index contributed by atoms with van der Waals surface area (Å²) < 4.78 is 12.7. The van der Waals surface area contributed by atoms with E-state index < -0.39 is 5.97 Å². The maximum absolute atomic E-state index is 12.6. The van der Waals surface area contributed by atoms with Crippen molar-refractivity contribution in [3.05, 3.63) is 109 Å². The maximum atomic E-state index is 12.6. The van der Waals surface area contributed by atoms with Crippen molar-refractivity contribution in [3.63, 3.8) is 0 Å². The largest absolute Gasteiger partial charge is 0.506 e. The van der Waals surface area contributed by atoms with E-state index in [1.165, 1.54) is 17.3 Å². The monoisotopic (exact) mass is 627 g/mol. The summed E-state index contributed by atoms with van der Waals surface area (Å²) in [5, 5.41) is 11.3. The number of rotatable bonds is 7. The highest BCUT2D eigenvalue weighted by atomic mass is 79.9. The highest BCUT2D eigenvalue weighted by Gasteiger charge is 2.33. The molecule has 184 valence electrons. The predicted molar refractivity (Wildman–Crippen MR) is 153 cm³/mol. The molecule has 0 bridgehead atoms. The minimum absolute atomic E-state index is 0.0631. The lowest BCUT2D eigenvalue weighted by molar-refractivity contribution is -0.138. The van der Waals surface area contributed by atoms with Gasteiger partial charge in [-0.3, -0.25) is 0 Å². The molecule has 3 aromatic carbocycles. The maximum Gasteiger partial charge on any atom is 0.344 e. The first-order chi connectivity index (χ1) is 17.4. The number of thioether (sulfide) groups is 1. The molecule has 5 nitrogen and oxygen atoms in total. The van der Waals surface area contributed by atoms with E-state index in [2.05, 4.69) is 49.0 Å². The topological polar surface area (TPSA) is 68.1 Å². The van der Waals surface area contributed by atoms with Crippen LogP contribution in [0.4, 0.5) is 5.69 Å². The van der Waals surface area contributed by atoms with Gasteiger partial charge in [-0.15, -0.1) is 0 Å². The zero-order valence-corrected chi connectivity index (χ0v) is 23.6. The van der Waals surface area contributed by atoms with E-state index >= 15 is 0 Å². The predicted octanol–water partition coefficient (Wildman–Crippen LogP) is 8.29. The quantitative estimate of drug-likeness (QED) is 0.267. The molecular weight excluding hydrogens is 606 g/mol. The van der Waals surface area contributed by atoms with Gasteiger partial charge in [0.05, 0.1) is 26.1 Å². The molecule has 3 aromatic rings. The van der Waals surface area contributed by atoms with Crippen molar-refractivity contribution in [1.82, 2.24) is 0 Å². The first-order valence-electron chi connectivity index (χ1n) is 11.2. The molecular formula is C28H23Br2NO4S. The number of ether oxygens (including phenoxy) is 2. The molecule has 0 saturated heterocycles. The van der Waals surface area contributed by atoms with Crippen molar-refractivity contribution in [3.8, 4) is 5.75 Å². The lowest BCUT2D eigenvalue weighted by Crippen LogP contribution is -2.12. The molecule has 0 spiro atoms. The number of aryl methyl sites for hydroxylation is 1. The molecule has 36 heavy (non-hydrogen) atoms. The van der Waals surface area contributed by atoms with Crippen molar-refractivity contribution in [2.75, 3.05) is 6.61 Å². The minimum Gasteiger partial charge on any atom is -0.506 e. The van der Waals surface area contributed by atoms with Crippen LogP contribution in [-0.2, 0) is 16.1 Å². The van der Waals surface area contributed by atoms with E-state index in [0.29, 0.717) is 28.0 Å². The molecule has 0 radical (unpaired) electrons. The average Bonchev–Trinajstić information content (AvgIpc) is 3.14. The number of aliphatic hydroxyl groups excluding tert-OH is 1. The van der Waals surface area contributed by atoms with Crippen molar-refractivity contribution < 1.29 is 19.4 Å². The van der Waals surface area contributed by atoms with Crippen LogP contribution in [0.15, 0.2) is 96.9 Å². The number of halogens is 2. The van der Waals surface area contributed by atoms with E-state index in [-0.39, 0.29) is 17.9 Å². The van der Waals surface area contributed by atoms with Crippen LogP contribution in [0.25, 0.3) is 6.08 Å². The van der Waals surface area contributed by atoms with Crippen LogP contribution in [0.2, 0.25) is 0 Å².